The van der Waals surface area contributed by atoms with Gasteiger partial charge in [-0.1, -0.05) is 41.6 Å². The lowest BCUT2D eigenvalue weighted by Gasteiger charge is -2.06. The molecule has 0 heterocycles. The van der Waals surface area contributed by atoms with Crippen molar-refractivity contribution in [1.82, 2.24) is 5.32 Å². The van der Waals surface area contributed by atoms with Crippen molar-refractivity contribution in [2.24, 2.45) is 0 Å². The van der Waals surface area contributed by atoms with Crippen LogP contribution in [0.3, 0.4) is 0 Å². The number of likely N-dealkylation sites (N-methyl/N-ethyl adjacent to an activating group) is 1. The van der Waals surface area contributed by atoms with Gasteiger partial charge >= 0.3 is 0 Å². The second-order valence-electron chi connectivity index (χ2n) is 4.32. The summed E-state index contributed by atoms with van der Waals surface area (Å²) in [6.45, 7) is 2.53. The number of hydrogen-bond acceptors (Lipinski definition) is 2. The normalized spacial score (nSPS) is 10.8. The summed E-state index contributed by atoms with van der Waals surface area (Å²) in [6, 6.07) is 15.7. The predicted molar refractivity (Wildman–Crippen MR) is 89.7 cm³/mol. The van der Waals surface area contributed by atoms with Gasteiger partial charge in [0.2, 0.25) is 5.91 Å². The molecule has 0 aliphatic carbocycles. The van der Waals surface area contributed by atoms with Gasteiger partial charge in [-0.15, -0.1) is 0 Å². The lowest BCUT2D eigenvalue weighted by Crippen LogP contribution is -2.19. The highest BCUT2D eigenvalue weighted by molar-refractivity contribution is 7.99. The van der Waals surface area contributed by atoms with E-state index >= 15 is 0 Å². The number of halogens is 1. The molecule has 1 N–H and O–H groups in total. The van der Waals surface area contributed by atoms with Gasteiger partial charge in [0.1, 0.15) is 0 Å². The van der Waals surface area contributed by atoms with Crippen molar-refractivity contribution >= 4 is 35.3 Å². The molecular formula is C17H16ClNOS. The molecule has 0 aromatic heterocycles. The van der Waals surface area contributed by atoms with Gasteiger partial charge in [-0.05, 0) is 48.9 Å². The topological polar surface area (TPSA) is 29.1 Å². The first-order valence-corrected chi connectivity index (χ1v) is 7.87. The van der Waals surface area contributed by atoms with Crippen LogP contribution in [0.2, 0.25) is 5.02 Å². The molecule has 21 heavy (non-hydrogen) atoms. The predicted octanol–water partition coefficient (Wildman–Crippen LogP) is 4.64. The number of benzene rings is 2. The average molecular weight is 318 g/mol. The van der Waals surface area contributed by atoms with Crippen LogP contribution < -0.4 is 5.32 Å². The molecule has 0 spiro atoms. The van der Waals surface area contributed by atoms with Gasteiger partial charge in [0, 0.05) is 27.4 Å². The summed E-state index contributed by atoms with van der Waals surface area (Å²) in [7, 11) is 0. The molecule has 0 saturated carbocycles. The third kappa shape index (κ3) is 4.96. The number of nitrogens with one attached hydrogen (secondary N) is 1. The Morgan fingerprint density at radius 3 is 2.62 bits per heavy atom. The molecule has 1 amide bonds. The summed E-state index contributed by atoms with van der Waals surface area (Å²) < 4.78 is 0. The summed E-state index contributed by atoms with van der Waals surface area (Å²) in [5, 5.41) is 3.47. The molecule has 0 radical (unpaired) electrons. The largest absolute Gasteiger partial charge is 0.353 e. The van der Waals surface area contributed by atoms with Crippen LogP contribution in [-0.4, -0.2) is 12.5 Å². The van der Waals surface area contributed by atoms with Crippen molar-refractivity contribution in [1.29, 1.82) is 0 Å². The van der Waals surface area contributed by atoms with Gasteiger partial charge in [0.05, 0.1) is 0 Å². The minimum absolute atomic E-state index is 0.0798. The van der Waals surface area contributed by atoms with Crippen LogP contribution in [0.4, 0.5) is 0 Å². The molecule has 2 aromatic carbocycles. The first-order chi connectivity index (χ1) is 10.2. The molecule has 0 atom stereocenters. The molecular weight excluding hydrogens is 302 g/mol. The fraction of sp³-hybridized carbons (Fsp3) is 0.118. The maximum absolute atomic E-state index is 11.5. The molecule has 4 heteroatoms. The van der Waals surface area contributed by atoms with E-state index in [1.165, 1.54) is 0 Å². The van der Waals surface area contributed by atoms with E-state index in [0.29, 0.717) is 6.54 Å². The van der Waals surface area contributed by atoms with E-state index in [2.05, 4.69) is 5.32 Å². The minimum atomic E-state index is -0.0798. The number of amides is 1. The molecule has 108 valence electrons. The van der Waals surface area contributed by atoms with E-state index in [1.54, 1.807) is 17.8 Å². The van der Waals surface area contributed by atoms with Gasteiger partial charge in [-0.3, -0.25) is 4.79 Å². The van der Waals surface area contributed by atoms with Crippen molar-refractivity contribution in [3.63, 3.8) is 0 Å². The highest BCUT2D eigenvalue weighted by Gasteiger charge is 2.02. The Hall–Kier alpha value is -1.71. The maximum atomic E-state index is 11.5. The smallest absolute Gasteiger partial charge is 0.243 e. The number of hydrogen-bond donors (Lipinski definition) is 1. The van der Waals surface area contributed by atoms with Crippen LogP contribution in [-0.2, 0) is 4.79 Å². The lowest BCUT2D eigenvalue weighted by molar-refractivity contribution is -0.116. The standard InChI is InChI=1S/C17H16ClNOS/c1-2-19-17(20)12-7-13-5-3-4-6-16(13)21-15-10-8-14(18)9-11-15/h3-12H,2H2,1H3,(H,19,20)/b12-7+. The Morgan fingerprint density at radius 1 is 1.19 bits per heavy atom. The Kier molecular flexibility index (Phi) is 5.90. The summed E-state index contributed by atoms with van der Waals surface area (Å²) in [5.41, 5.74) is 1.02. The van der Waals surface area contributed by atoms with Crippen LogP contribution in [0.15, 0.2) is 64.4 Å². The van der Waals surface area contributed by atoms with Gasteiger partial charge in [0.25, 0.3) is 0 Å². The fourth-order valence-corrected chi connectivity index (χ4v) is 2.79. The van der Waals surface area contributed by atoms with Crippen molar-refractivity contribution in [2.75, 3.05) is 6.54 Å². The molecule has 2 nitrogen and oxygen atoms in total. The summed E-state index contributed by atoms with van der Waals surface area (Å²) in [6.07, 6.45) is 3.40. The van der Waals surface area contributed by atoms with Crippen LogP contribution >= 0.6 is 23.4 Å². The molecule has 2 aromatic rings. The van der Waals surface area contributed by atoms with Crippen molar-refractivity contribution in [3.05, 3.63) is 65.2 Å². The summed E-state index contributed by atoms with van der Waals surface area (Å²) in [4.78, 5) is 13.7. The first-order valence-electron chi connectivity index (χ1n) is 6.67. The van der Waals surface area contributed by atoms with Crippen molar-refractivity contribution in [3.8, 4) is 0 Å². The third-order valence-electron chi connectivity index (χ3n) is 2.73. The van der Waals surface area contributed by atoms with Crippen molar-refractivity contribution < 1.29 is 4.79 Å². The highest BCUT2D eigenvalue weighted by Crippen LogP contribution is 2.31. The molecule has 0 saturated heterocycles. The van der Waals surface area contributed by atoms with Gasteiger partial charge < -0.3 is 5.32 Å². The Balaban J connectivity index is 2.16. The van der Waals surface area contributed by atoms with E-state index in [0.717, 1.165) is 20.4 Å². The molecule has 0 aliphatic heterocycles. The third-order valence-corrected chi connectivity index (χ3v) is 4.08. The zero-order chi connectivity index (χ0) is 15.1. The van der Waals surface area contributed by atoms with E-state index < -0.39 is 0 Å². The molecule has 0 unspecified atom stereocenters. The summed E-state index contributed by atoms with van der Waals surface area (Å²) >= 11 is 7.54. The molecule has 0 bridgehead atoms. The first kappa shape index (κ1) is 15.7. The van der Waals surface area contributed by atoms with E-state index in [9.17, 15) is 4.79 Å². The maximum Gasteiger partial charge on any atom is 0.243 e. The lowest BCUT2D eigenvalue weighted by atomic mass is 10.2. The zero-order valence-corrected chi connectivity index (χ0v) is 13.2. The molecule has 0 fully saturated rings. The highest BCUT2D eigenvalue weighted by atomic mass is 35.5. The Labute approximate surface area is 134 Å². The van der Waals surface area contributed by atoms with Gasteiger partial charge in [-0.25, -0.2) is 0 Å². The second kappa shape index (κ2) is 7.91. The fourth-order valence-electron chi connectivity index (χ4n) is 1.74. The minimum Gasteiger partial charge on any atom is -0.353 e. The van der Waals surface area contributed by atoms with Gasteiger partial charge in [-0.2, -0.15) is 0 Å². The van der Waals surface area contributed by atoms with Gasteiger partial charge in [0.15, 0.2) is 0 Å². The SMILES string of the molecule is CCNC(=O)/C=C/c1ccccc1Sc1ccc(Cl)cc1. The van der Waals surface area contributed by atoms with Crippen LogP contribution in [0.1, 0.15) is 12.5 Å². The van der Waals surface area contributed by atoms with Crippen LogP contribution in [0.5, 0.6) is 0 Å². The molecule has 2 rings (SSSR count). The second-order valence-corrected chi connectivity index (χ2v) is 5.87. The van der Waals surface area contributed by atoms with Crippen molar-refractivity contribution in [2.45, 2.75) is 16.7 Å². The number of carbonyl (C=O) groups is 1. The number of rotatable bonds is 5. The van der Waals surface area contributed by atoms with Crippen LogP contribution in [0.25, 0.3) is 6.08 Å². The Bertz CT molecular complexity index is 637. The van der Waals surface area contributed by atoms with E-state index in [1.807, 2.05) is 61.5 Å². The summed E-state index contributed by atoms with van der Waals surface area (Å²) in [5.74, 6) is -0.0798. The average Bonchev–Trinajstić information content (AvgIpc) is 2.49. The van der Waals surface area contributed by atoms with E-state index in [4.69, 9.17) is 11.6 Å². The Morgan fingerprint density at radius 2 is 1.90 bits per heavy atom. The zero-order valence-electron chi connectivity index (χ0n) is 11.7. The number of carbonyl (C=O) groups excluding carboxylic acids is 1. The van der Waals surface area contributed by atoms with E-state index in [-0.39, 0.29) is 5.91 Å². The van der Waals surface area contributed by atoms with Crippen LogP contribution in [0, 0.1) is 0 Å². The molecule has 0 aliphatic rings. The monoisotopic (exact) mass is 317 g/mol. The quantitative estimate of drug-likeness (QED) is 0.814.